The second-order valence-electron chi connectivity index (χ2n) is 10.1. The Labute approximate surface area is 201 Å². The van der Waals surface area contributed by atoms with Gasteiger partial charge >= 0.3 is 0 Å². The second-order valence-corrected chi connectivity index (χ2v) is 10.1. The van der Waals surface area contributed by atoms with Crippen LogP contribution in [-0.2, 0) is 0 Å². The molecule has 0 aromatic carbocycles. The van der Waals surface area contributed by atoms with Crippen LogP contribution in [0.1, 0.15) is 69.3 Å². The zero-order chi connectivity index (χ0) is 24.2. The maximum atomic E-state index is 13.1. The van der Waals surface area contributed by atoms with E-state index in [-0.39, 0.29) is 11.9 Å². The van der Waals surface area contributed by atoms with Gasteiger partial charge in [-0.05, 0) is 69.4 Å². The molecule has 0 atom stereocenters. The van der Waals surface area contributed by atoms with E-state index in [1.807, 2.05) is 42.8 Å². The fraction of sp³-hybridized carbons (Fsp3) is 0.481. The first-order valence-electron chi connectivity index (χ1n) is 12.3. The Hall–Kier alpha value is -3.40. The van der Waals surface area contributed by atoms with Gasteiger partial charge in [-0.1, -0.05) is 13.8 Å². The SMILES string of the molecule is CC(C)Nc1cc(-n2ccc3cc(C#N)cnc32)ncc1C(=O)NCC1CCC(C(C)C)CC1. The highest BCUT2D eigenvalue weighted by Gasteiger charge is 2.24. The monoisotopic (exact) mass is 458 g/mol. The third-order valence-corrected chi connectivity index (χ3v) is 6.87. The van der Waals surface area contributed by atoms with Crippen LogP contribution >= 0.6 is 0 Å². The minimum absolute atomic E-state index is 0.0951. The van der Waals surface area contributed by atoms with Gasteiger partial charge < -0.3 is 10.6 Å². The molecule has 34 heavy (non-hydrogen) atoms. The third kappa shape index (κ3) is 5.22. The van der Waals surface area contributed by atoms with E-state index in [1.165, 1.54) is 25.7 Å². The molecule has 1 saturated carbocycles. The Morgan fingerprint density at radius 1 is 1.15 bits per heavy atom. The number of carbonyl (C=O) groups is 1. The molecule has 2 N–H and O–H groups in total. The van der Waals surface area contributed by atoms with Crippen LogP contribution in [0.5, 0.6) is 0 Å². The van der Waals surface area contributed by atoms with Crippen molar-refractivity contribution in [2.75, 3.05) is 11.9 Å². The number of nitrogens with one attached hydrogen (secondary N) is 2. The number of hydrogen-bond acceptors (Lipinski definition) is 5. The summed E-state index contributed by atoms with van der Waals surface area (Å²) in [5.74, 6) is 2.67. The Bertz CT molecular complexity index is 1200. The smallest absolute Gasteiger partial charge is 0.254 e. The lowest BCUT2D eigenvalue weighted by Crippen LogP contribution is -2.32. The average molecular weight is 459 g/mol. The van der Waals surface area contributed by atoms with Gasteiger partial charge in [0.05, 0.1) is 16.8 Å². The first-order valence-corrected chi connectivity index (χ1v) is 12.3. The lowest BCUT2D eigenvalue weighted by Gasteiger charge is -2.31. The lowest BCUT2D eigenvalue weighted by atomic mass is 9.77. The topological polar surface area (TPSA) is 95.6 Å². The van der Waals surface area contributed by atoms with E-state index in [0.29, 0.717) is 29.4 Å². The highest BCUT2D eigenvalue weighted by atomic mass is 16.1. The number of pyridine rings is 2. The Kier molecular flexibility index (Phi) is 7.16. The van der Waals surface area contributed by atoms with E-state index in [9.17, 15) is 4.79 Å². The molecule has 7 heteroatoms. The normalized spacial score (nSPS) is 18.3. The number of nitrogens with zero attached hydrogens (tertiary/aromatic N) is 4. The number of fused-ring (bicyclic) bond motifs is 1. The van der Waals surface area contributed by atoms with Crippen LogP contribution in [0.3, 0.4) is 0 Å². The number of hydrogen-bond donors (Lipinski definition) is 2. The van der Waals surface area contributed by atoms with Crippen molar-refractivity contribution in [2.24, 2.45) is 17.8 Å². The molecule has 1 aliphatic carbocycles. The molecule has 1 fully saturated rings. The van der Waals surface area contributed by atoms with Crippen LogP contribution in [0.2, 0.25) is 0 Å². The van der Waals surface area contributed by atoms with Gasteiger partial charge in [-0.3, -0.25) is 9.36 Å². The summed E-state index contributed by atoms with van der Waals surface area (Å²) in [6.45, 7) is 9.42. The van der Waals surface area contributed by atoms with Crippen molar-refractivity contribution < 1.29 is 4.79 Å². The van der Waals surface area contributed by atoms with Gasteiger partial charge in [0, 0.05) is 42.6 Å². The van der Waals surface area contributed by atoms with Crippen molar-refractivity contribution in [3.8, 4) is 11.9 Å². The molecule has 0 unspecified atom stereocenters. The Morgan fingerprint density at radius 2 is 1.91 bits per heavy atom. The molecule has 0 aliphatic heterocycles. The standard InChI is InChI=1S/C27H34N6O/c1-17(2)21-7-5-19(6-8-21)14-31-27(34)23-16-29-25(12-24(23)32-18(3)4)33-10-9-22-11-20(13-28)15-30-26(22)33/h9-12,15-19,21H,5-8,14H2,1-4H3,(H,29,32)(H,31,34). The van der Waals surface area contributed by atoms with Crippen LogP contribution in [0, 0.1) is 29.1 Å². The lowest BCUT2D eigenvalue weighted by molar-refractivity contribution is 0.0939. The van der Waals surface area contributed by atoms with Crippen molar-refractivity contribution in [2.45, 2.75) is 59.4 Å². The van der Waals surface area contributed by atoms with Crippen molar-refractivity contribution >= 4 is 22.6 Å². The first kappa shape index (κ1) is 23.7. The van der Waals surface area contributed by atoms with Crippen molar-refractivity contribution in [3.05, 3.63) is 47.9 Å². The number of anilines is 1. The van der Waals surface area contributed by atoms with Gasteiger partial charge in [0.25, 0.3) is 5.91 Å². The van der Waals surface area contributed by atoms with E-state index in [0.717, 1.165) is 28.6 Å². The highest BCUT2D eigenvalue weighted by molar-refractivity contribution is 5.99. The summed E-state index contributed by atoms with van der Waals surface area (Å²) >= 11 is 0. The minimum atomic E-state index is -0.0951. The molecule has 1 amide bonds. The van der Waals surface area contributed by atoms with Gasteiger partial charge in [0.1, 0.15) is 17.5 Å². The number of rotatable bonds is 7. The zero-order valence-electron chi connectivity index (χ0n) is 20.5. The molecule has 1 aliphatic rings. The third-order valence-electron chi connectivity index (χ3n) is 6.87. The van der Waals surface area contributed by atoms with Crippen LogP contribution in [0.4, 0.5) is 5.69 Å². The molecule has 4 rings (SSSR count). The fourth-order valence-electron chi connectivity index (χ4n) is 4.85. The van der Waals surface area contributed by atoms with Crippen LogP contribution in [0.15, 0.2) is 36.8 Å². The van der Waals surface area contributed by atoms with Crippen LogP contribution in [-0.4, -0.2) is 33.0 Å². The molecule has 0 saturated heterocycles. The molecular weight excluding hydrogens is 424 g/mol. The number of amides is 1. The summed E-state index contributed by atoms with van der Waals surface area (Å²) in [6.07, 6.45) is 9.95. The summed E-state index contributed by atoms with van der Waals surface area (Å²) in [6, 6.07) is 7.89. The van der Waals surface area contributed by atoms with E-state index < -0.39 is 0 Å². The van der Waals surface area contributed by atoms with Crippen molar-refractivity contribution in [1.82, 2.24) is 19.9 Å². The summed E-state index contributed by atoms with van der Waals surface area (Å²) in [5.41, 5.74) is 2.53. The van der Waals surface area contributed by atoms with E-state index >= 15 is 0 Å². The van der Waals surface area contributed by atoms with Crippen molar-refractivity contribution in [1.29, 1.82) is 5.26 Å². The molecule has 0 spiro atoms. The maximum absolute atomic E-state index is 13.1. The number of carbonyl (C=O) groups excluding carboxylic acids is 1. The van der Waals surface area contributed by atoms with Gasteiger partial charge in [-0.2, -0.15) is 5.26 Å². The van der Waals surface area contributed by atoms with Gasteiger partial charge in [0.2, 0.25) is 0 Å². The number of nitriles is 1. The summed E-state index contributed by atoms with van der Waals surface area (Å²) in [5, 5.41) is 16.6. The predicted molar refractivity (Wildman–Crippen MR) is 135 cm³/mol. The molecule has 7 nitrogen and oxygen atoms in total. The van der Waals surface area contributed by atoms with E-state index in [2.05, 4.69) is 40.5 Å². The summed E-state index contributed by atoms with van der Waals surface area (Å²) < 4.78 is 1.87. The molecule has 3 aromatic heterocycles. The number of aromatic nitrogens is 3. The highest BCUT2D eigenvalue weighted by Crippen LogP contribution is 2.33. The largest absolute Gasteiger partial charge is 0.382 e. The minimum Gasteiger partial charge on any atom is -0.382 e. The molecular formula is C27H34N6O. The first-order chi connectivity index (χ1) is 16.4. The summed E-state index contributed by atoms with van der Waals surface area (Å²) in [7, 11) is 0. The van der Waals surface area contributed by atoms with Gasteiger partial charge in [0.15, 0.2) is 0 Å². The Morgan fingerprint density at radius 3 is 2.59 bits per heavy atom. The van der Waals surface area contributed by atoms with Gasteiger partial charge in [-0.15, -0.1) is 0 Å². The Balaban J connectivity index is 1.52. The molecule has 3 heterocycles. The molecule has 0 bridgehead atoms. The second kappa shape index (κ2) is 10.3. The molecule has 0 radical (unpaired) electrons. The quantitative estimate of drug-likeness (QED) is 0.501. The van der Waals surface area contributed by atoms with E-state index in [4.69, 9.17) is 5.26 Å². The average Bonchev–Trinajstić information content (AvgIpc) is 3.25. The van der Waals surface area contributed by atoms with Crippen LogP contribution in [0.25, 0.3) is 16.9 Å². The zero-order valence-corrected chi connectivity index (χ0v) is 20.5. The predicted octanol–water partition coefficient (Wildman–Crippen LogP) is 5.30. The van der Waals surface area contributed by atoms with Gasteiger partial charge in [-0.25, -0.2) is 9.97 Å². The van der Waals surface area contributed by atoms with Crippen LogP contribution < -0.4 is 10.6 Å². The van der Waals surface area contributed by atoms with Crippen molar-refractivity contribution in [3.63, 3.8) is 0 Å². The molecule has 3 aromatic rings. The summed E-state index contributed by atoms with van der Waals surface area (Å²) in [4.78, 5) is 22.1. The van der Waals surface area contributed by atoms with E-state index in [1.54, 1.807) is 12.4 Å². The fourth-order valence-corrected chi connectivity index (χ4v) is 4.85. The maximum Gasteiger partial charge on any atom is 0.254 e. The molecule has 178 valence electrons.